The summed E-state index contributed by atoms with van der Waals surface area (Å²) in [6.07, 6.45) is 0.807. The number of benzene rings is 3. The van der Waals surface area contributed by atoms with Gasteiger partial charge in [-0.15, -0.1) is 0 Å². The summed E-state index contributed by atoms with van der Waals surface area (Å²) in [6.45, 7) is 0.0994. The molecule has 0 fully saturated rings. The van der Waals surface area contributed by atoms with E-state index in [-0.39, 0.29) is 18.6 Å². The van der Waals surface area contributed by atoms with Crippen LogP contribution in [0.3, 0.4) is 0 Å². The maximum absolute atomic E-state index is 12.6. The van der Waals surface area contributed by atoms with Crippen molar-refractivity contribution in [2.75, 3.05) is 6.54 Å². The molecule has 0 unspecified atom stereocenters. The van der Waals surface area contributed by atoms with Crippen LogP contribution in [-0.2, 0) is 0 Å². The fraction of sp³-hybridized carbons (Fsp3) is 0.115. The second-order valence-electron chi connectivity index (χ2n) is 7.22. The maximum atomic E-state index is 12.6. The molecule has 0 aliphatic carbocycles. The highest BCUT2D eigenvalue weighted by atomic mass is 16.3. The summed E-state index contributed by atoms with van der Waals surface area (Å²) in [5.41, 5.74) is 3.62. The number of nitrogens with one attached hydrogen (secondary N) is 2. The lowest BCUT2D eigenvalue weighted by Crippen LogP contribution is -2.40. The lowest BCUT2D eigenvalue weighted by atomic mass is 9.99. The third kappa shape index (κ3) is 5.21. The minimum atomic E-state index is -0.816. The van der Waals surface area contributed by atoms with E-state index in [9.17, 15) is 9.90 Å². The number of hydrogen-bond donors (Lipinski definition) is 3. The van der Waals surface area contributed by atoms with E-state index >= 15 is 0 Å². The first-order valence-corrected chi connectivity index (χ1v) is 10.2. The van der Waals surface area contributed by atoms with Gasteiger partial charge in [0, 0.05) is 12.1 Å². The number of furan rings is 1. The lowest BCUT2D eigenvalue weighted by molar-refractivity contribution is 0.173. The van der Waals surface area contributed by atoms with Crippen LogP contribution in [-0.4, -0.2) is 17.7 Å². The van der Waals surface area contributed by atoms with E-state index in [1.165, 1.54) is 0 Å². The largest absolute Gasteiger partial charge is 0.464 e. The number of carbonyl (C=O) groups excluding carboxylic acids is 1. The van der Waals surface area contributed by atoms with Crippen molar-refractivity contribution in [3.63, 3.8) is 0 Å². The number of aliphatic hydroxyl groups excluding tert-OH is 1. The van der Waals surface area contributed by atoms with E-state index in [1.54, 1.807) is 6.26 Å². The van der Waals surface area contributed by atoms with Crippen LogP contribution in [0.1, 0.15) is 28.8 Å². The van der Waals surface area contributed by atoms with Crippen molar-refractivity contribution < 1.29 is 14.3 Å². The molecule has 0 radical (unpaired) electrons. The number of amides is 2. The van der Waals surface area contributed by atoms with Crippen molar-refractivity contribution in [3.05, 3.63) is 120 Å². The van der Waals surface area contributed by atoms with Gasteiger partial charge >= 0.3 is 6.03 Å². The molecule has 156 valence electrons. The zero-order valence-electron chi connectivity index (χ0n) is 16.9. The van der Waals surface area contributed by atoms with E-state index in [2.05, 4.69) is 10.6 Å². The number of urea groups is 1. The molecule has 1 atom stereocenters. The normalized spacial score (nSPS) is 11.8. The van der Waals surface area contributed by atoms with Gasteiger partial charge in [-0.3, -0.25) is 0 Å². The van der Waals surface area contributed by atoms with Gasteiger partial charge in [-0.25, -0.2) is 4.79 Å². The van der Waals surface area contributed by atoms with Crippen molar-refractivity contribution in [3.8, 4) is 11.3 Å². The van der Waals surface area contributed by atoms with Gasteiger partial charge < -0.3 is 20.2 Å². The molecule has 3 N–H and O–H groups in total. The summed E-state index contributed by atoms with van der Waals surface area (Å²) in [7, 11) is 0. The smallest absolute Gasteiger partial charge is 0.315 e. The average molecular weight is 412 g/mol. The zero-order valence-corrected chi connectivity index (χ0v) is 16.9. The van der Waals surface area contributed by atoms with Crippen LogP contribution < -0.4 is 10.6 Å². The molecule has 2 amide bonds. The summed E-state index contributed by atoms with van der Waals surface area (Å²) < 4.78 is 5.38. The fourth-order valence-electron chi connectivity index (χ4n) is 3.45. The van der Waals surface area contributed by atoms with Gasteiger partial charge in [0.25, 0.3) is 0 Å². The summed E-state index contributed by atoms with van der Waals surface area (Å²) in [4.78, 5) is 12.6. The second-order valence-corrected chi connectivity index (χ2v) is 7.22. The summed E-state index contributed by atoms with van der Waals surface area (Å²) in [5.74, 6) is 0.770. The Kier molecular flexibility index (Phi) is 6.45. The standard InChI is InChI=1S/C26H24N2O3/c29-23(19-13-15-20(16-14-19)24-12-7-17-31-24)18-27-26(30)28-25(21-8-3-1-4-9-21)22-10-5-2-6-11-22/h1-17,23,25,29H,18H2,(H2,27,28,30)/t23-/m0/s1. The average Bonchev–Trinajstić information content (AvgIpc) is 3.37. The van der Waals surface area contributed by atoms with E-state index in [0.717, 1.165) is 28.0 Å². The Morgan fingerprint density at radius 3 is 1.94 bits per heavy atom. The summed E-state index contributed by atoms with van der Waals surface area (Å²) >= 11 is 0. The Bertz CT molecular complexity index is 1040. The number of rotatable bonds is 7. The van der Waals surface area contributed by atoms with Crippen molar-refractivity contribution in [1.29, 1.82) is 0 Å². The number of carbonyl (C=O) groups is 1. The van der Waals surface area contributed by atoms with Crippen molar-refractivity contribution in [2.45, 2.75) is 12.1 Å². The topological polar surface area (TPSA) is 74.5 Å². The van der Waals surface area contributed by atoms with Crippen LogP contribution in [0.2, 0.25) is 0 Å². The molecule has 0 saturated carbocycles. The molecule has 1 heterocycles. The van der Waals surface area contributed by atoms with Gasteiger partial charge in [-0.1, -0.05) is 84.9 Å². The van der Waals surface area contributed by atoms with E-state index in [0.29, 0.717) is 0 Å². The fourth-order valence-corrected chi connectivity index (χ4v) is 3.45. The van der Waals surface area contributed by atoms with Crippen molar-refractivity contribution in [2.24, 2.45) is 0 Å². The quantitative estimate of drug-likeness (QED) is 0.397. The van der Waals surface area contributed by atoms with Crippen molar-refractivity contribution in [1.82, 2.24) is 10.6 Å². The Morgan fingerprint density at radius 2 is 1.39 bits per heavy atom. The van der Waals surface area contributed by atoms with Crippen LogP contribution in [0.15, 0.2) is 108 Å². The first kappa shape index (κ1) is 20.4. The molecule has 5 heteroatoms. The molecule has 31 heavy (non-hydrogen) atoms. The summed E-state index contributed by atoms with van der Waals surface area (Å²) in [6, 6.07) is 30.1. The number of hydrogen-bond acceptors (Lipinski definition) is 3. The van der Waals surface area contributed by atoms with Crippen LogP contribution in [0.4, 0.5) is 4.79 Å². The number of aliphatic hydroxyl groups is 1. The van der Waals surface area contributed by atoms with E-state index < -0.39 is 6.10 Å². The molecule has 0 saturated heterocycles. The molecular weight excluding hydrogens is 388 g/mol. The first-order valence-electron chi connectivity index (χ1n) is 10.2. The lowest BCUT2D eigenvalue weighted by Gasteiger charge is -2.21. The molecule has 3 aromatic carbocycles. The van der Waals surface area contributed by atoms with Crippen LogP contribution in [0.25, 0.3) is 11.3 Å². The predicted molar refractivity (Wildman–Crippen MR) is 120 cm³/mol. The molecular formula is C26H24N2O3. The molecule has 0 bridgehead atoms. The molecule has 0 aliphatic heterocycles. The minimum Gasteiger partial charge on any atom is -0.464 e. The Balaban J connectivity index is 1.38. The predicted octanol–water partition coefficient (Wildman–Crippen LogP) is 5.07. The molecule has 4 aromatic rings. The Labute approximate surface area is 181 Å². The molecule has 5 nitrogen and oxygen atoms in total. The van der Waals surface area contributed by atoms with Gasteiger partial charge in [0.1, 0.15) is 5.76 Å². The monoisotopic (exact) mass is 412 g/mol. The highest BCUT2D eigenvalue weighted by molar-refractivity contribution is 5.75. The summed E-state index contributed by atoms with van der Waals surface area (Å²) in [5, 5.41) is 16.3. The highest BCUT2D eigenvalue weighted by Gasteiger charge is 2.17. The van der Waals surface area contributed by atoms with E-state index in [4.69, 9.17) is 4.42 Å². The minimum absolute atomic E-state index is 0.0994. The molecule has 4 rings (SSSR count). The van der Waals surface area contributed by atoms with E-state index in [1.807, 2.05) is 97.1 Å². The van der Waals surface area contributed by atoms with Gasteiger partial charge in [0.2, 0.25) is 0 Å². The van der Waals surface area contributed by atoms with Gasteiger partial charge in [-0.2, -0.15) is 0 Å². The third-order valence-corrected chi connectivity index (χ3v) is 5.10. The van der Waals surface area contributed by atoms with Gasteiger partial charge in [0.05, 0.1) is 18.4 Å². The van der Waals surface area contributed by atoms with Crippen LogP contribution in [0, 0.1) is 0 Å². The van der Waals surface area contributed by atoms with Gasteiger partial charge in [-0.05, 0) is 28.8 Å². The molecule has 0 spiro atoms. The molecule has 1 aromatic heterocycles. The first-order chi connectivity index (χ1) is 15.2. The van der Waals surface area contributed by atoms with Crippen molar-refractivity contribution >= 4 is 6.03 Å². The molecule has 0 aliphatic rings. The van der Waals surface area contributed by atoms with Gasteiger partial charge in [0.15, 0.2) is 0 Å². The zero-order chi connectivity index (χ0) is 21.5. The Hall–Kier alpha value is -3.83. The maximum Gasteiger partial charge on any atom is 0.315 e. The second kappa shape index (κ2) is 9.78. The third-order valence-electron chi connectivity index (χ3n) is 5.10. The SMILES string of the molecule is O=C(NC[C@H](O)c1ccc(-c2ccco2)cc1)NC(c1ccccc1)c1ccccc1. The Morgan fingerprint density at radius 1 is 0.774 bits per heavy atom. The van der Waals surface area contributed by atoms with Crippen LogP contribution in [0.5, 0.6) is 0 Å². The van der Waals surface area contributed by atoms with Crippen LogP contribution >= 0.6 is 0 Å². The highest BCUT2D eigenvalue weighted by Crippen LogP contribution is 2.23.